The fourth-order valence-corrected chi connectivity index (χ4v) is 6.45. The van der Waals surface area contributed by atoms with Crippen LogP contribution >= 0.6 is 0 Å². The number of ether oxygens (including phenoxy) is 2. The summed E-state index contributed by atoms with van der Waals surface area (Å²) in [5.74, 6) is -2.15. The maximum absolute atomic E-state index is 13.4. The SMILES string of the molecule is CN1CCN(C(=O)COC(C(=O)O)C(OCCCCCc2ccc3ccccc3c2)C(=O)NCCCCCc2ccc3ccccc3c2)CC1. The first-order chi connectivity index (χ1) is 24.4. The number of fused-ring (bicyclic) bond motifs is 2. The van der Waals surface area contributed by atoms with E-state index in [1.54, 1.807) is 4.90 Å². The molecule has 0 saturated carbocycles. The second-order valence-corrected chi connectivity index (χ2v) is 13.3. The predicted molar refractivity (Wildman–Crippen MR) is 197 cm³/mol. The number of piperazine rings is 1. The minimum Gasteiger partial charge on any atom is -0.479 e. The standard InChI is InChI=1S/C41H51N3O6/c1-43-23-25-44(26-24-43)37(45)30-50-39(41(47)48)38(49-27-11-3-5-13-32-19-21-34-15-7-9-17-36(34)29-32)40(46)42-22-10-2-4-12-31-18-20-33-14-6-8-16-35(33)28-31/h6-9,14-21,28-29,38-39H,2-5,10-13,22-27,30H2,1H3,(H,42,46)(H,47,48). The third-order valence-electron chi connectivity index (χ3n) is 9.50. The van der Waals surface area contributed by atoms with Crippen molar-refractivity contribution in [1.29, 1.82) is 0 Å². The summed E-state index contributed by atoms with van der Waals surface area (Å²) in [5.41, 5.74) is 2.55. The van der Waals surface area contributed by atoms with Crippen LogP contribution < -0.4 is 5.32 Å². The number of carboxylic acid groups (broad SMARTS) is 1. The molecule has 4 aromatic rings. The summed E-state index contributed by atoms with van der Waals surface area (Å²) in [6.45, 7) is 2.77. The number of carboxylic acids is 1. The number of carbonyl (C=O) groups excluding carboxylic acids is 2. The van der Waals surface area contributed by atoms with Gasteiger partial charge >= 0.3 is 5.97 Å². The molecule has 5 rings (SSSR count). The smallest absolute Gasteiger partial charge is 0.336 e. The van der Waals surface area contributed by atoms with E-state index >= 15 is 0 Å². The highest BCUT2D eigenvalue weighted by Gasteiger charge is 2.36. The molecule has 9 nitrogen and oxygen atoms in total. The summed E-state index contributed by atoms with van der Waals surface area (Å²) in [7, 11) is 1.99. The van der Waals surface area contributed by atoms with Gasteiger partial charge in [0.1, 0.15) is 6.61 Å². The van der Waals surface area contributed by atoms with Crippen LogP contribution in [0.4, 0.5) is 0 Å². The third-order valence-corrected chi connectivity index (χ3v) is 9.50. The minimum atomic E-state index is -1.60. The Morgan fingerprint density at radius 3 is 1.82 bits per heavy atom. The molecule has 50 heavy (non-hydrogen) atoms. The van der Waals surface area contributed by atoms with Crippen LogP contribution in [0.25, 0.3) is 21.5 Å². The number of aryl methyl sites for hydroxylation is 2. The summed E-state index contributed by atoms with van der Waals surface area (Å²) >= 11 is 0. The van der Waals surface area contributed by atoms with Crippen LogP contribution in [0.15, 0.2) is 84.9 Å². The molecule has 266 valence electrons. The maximum Gasteiger partial charge on any atom is 0.336 e. The molecule has 1 heterocycles. The van der Waals surface area contributed by atoms with Gasteiger partial charge in [0.2, 0.25) is 5.91 Å². The van der Waals surface area contributed by atoms with Crippen LogP contribution in [0, 0.1) is 0 Å². The van der Waals surface area contributed by atoms with Gasteiger partial charge in [-0.1, -0.05) is 97.8 Å². The first kappa shape index (κ1) is 37.0. The lowest BCUT2D eigenvalue weighted by molar-refractivity contribution is -0.171. The molecule has 2 N–H and O–H groups in total. The van der Waals surface area contributed by atoms with Gasteiger partial charge in [0.15, 0.2) is 12.2 Å². The Labute approximate surface area is 295 Å². The number of rotatable bonds is 19. The second-order valence-electron chi connectivity index (χ2n) is 13.3. The van der Waals surface area contributed by atoms with Gasteiger partial charge in [0, 0.05) is 39.3 Å². The zero-order chi connectivity index (χ0) is 35.1. The van der Waals surface area contributed by atoms with Gasteiger partial charge in [-0.2, -0.15) is 0 Å². The maximum atomic E-state index is 13.4. The summed E-state index contributed by atoms with van der Waals surface area (Å²) in [5, 5.41) is 17.9. The minimum absolute atomic E-state index is 0.209. The Morgan fingerprint density at radius 2 is 1.24 bits per heavy atom. The Hall–Kier alpha value is -4.31. The van der Waals surface area contributed by atoms with Crippen molar-refractivity contribution in [1.82, 2.24) is 15.1 Å². The molecule has 0 aromatic heterocycles. The van der Waals surface area contributed by atoms with Crippen molar-refractivity contribution in [3.05, 3.63) is 96.1 Å². The molecule has 1 aliphatic heterocycles. The van der Waals surface area contributed by atoms with Crippen LogP contribution in [0.1, 0.15) is 49.7 Å². The normalized spacial score (nSPS) is 14.9. The summed E-state index contributed by atoms with van der Waals surface area (Å²) in [4.78, 5) is 42.4. The molecule has 2 unspecified atom stereocenters. The van der Waals surface area contributed by atoms with Gasteiger partial charge in [-0.05, 0) is 78.2 Å². The fraction of sp³-hybridized carbons (Fsp3) is 0.439. The first-order valence-corrected chi connectivity index (χ1v) is 18.0. The predicted octanol–water partition coefficient (Wildman–Crippen LogP) is 5.86. The molecule has 9 heteroatoms. The number of carbonyl (C=O) groups is 3. The molecule has 1 fully saturated rings. The number of amides is 2. The average molecular weight is 682 g/mol. The van der Waals surface area contributed by atoms with Gasteiger partial charge < -0.3 is 29.7 Å². The van der Waals surface area contributed by atoms with E-state index in [1.807, 2.05) is 31.3 Å². The van der Waals surface area contributed by atoms with E-state index in [2.05, 4.69) is 70.9 Å². The largest absolute Gasteiger partial charge is 0.479 e. The van der Waals surface area contributed by atoms with Gasteiger partial charge in [0.25, 0.3) is 5.91 Å². The highest BCUT2D eigenvalue weighted by molar-refractivity contribution is 5.88. The van der Waals surface area contributed by atoms with Crippen molar-refractivity contribution in [2.24, 2.45) is 0 Å². The lowest BCUT2D eigenvalue weighted by Crippen LogP contribution is -2.51. The Bertz CT molecular complexity index is 1700. The summed E-state index contributed by atoms with van der Waals surface area (Å²) in [6, 6.07) is 29.7. The molecular weight excluding hydrogens is 630 g/mol. The van der Waals surface area contributed by atoms with Crippen molar-refractivity contribution >= 4 is 39.3 Å². The van der Waals surface area contributed by atoms with Gasteiger partial charge in [-0.15, -0.1) is 0 Å². The zero-order valence-electron chi connectivity index (χ0n) is 29.2. The Balaban J connectivity index is 1.09. The molecule has 0 radical (unpaired) electrons. The number of benzene rings is 4. The van der Waals surface area contributed by atoms with Crippen molar-refractivity contribution in [3.8, 4) is 0 Å². The number of aliphatic carboxylic acids is 1. The highest BCUT2D eigenvalue weighted by Crippen LogP contribution is 2.19. The number of nitrogens with zero attached hydrogens (tertiary/aromatic N) is 2. The molecule has 1 aliphatic rings. The number of hydrogen-bond donors (Lipinski definition) is 2. The van der Waals surface area contributed by atoms with E-state index in [1.165, 1.54) is 32.7 Å². The summed E-state index contributed by atoms with van der Waals surface area (Å²) in [6.07, 6.45) is 4.00. The van der Waals surface area contributed by atoms with Crippen LogP contribution in [-0.4, -0.2) is 97.9 Å². The third kappa shape index (κ3) is 11.1. The number of nitrogens with one attached hydrogen (secondary N) is 1. The van der Waals surface area contributed by atoms with Crippen LogP contribution in [0.2, 0.25) is 0 Å². The molecule has 0 bridgehead atoms. The second kappa shape index (κ2) is 19.2. The van der Waals surface area contributed by atoms with Crippen molar-refractivity contribution < 1.29 is 29.0 Å². The van der Waals surface area contributed by atoms with Gasteiger partial charge in [0.05, 0.1) is 0 Å². The van der Waals surface area contributed by atoms with Crippen LogP contribution in [0.3, 0.4) is 0 Å². The van der Waals surface area contributed by atoms with E-state index in [4.69, 9.17) is 9.47 Å². The molecule has 0 aliphatic carbocycles. The molecule has 4 aromatic carbocycles. The van der Waals surface area contributed by atoms with E-state index in [-0.39, 0.29) is 12.5 Å². The number of likely N-dealkylation sites (N-methyl/N-ethyl adjacent to an activating group) is 1. The lowest BCUT2D eigenvalue weighted by atomic mass is 10.0. The fourth-order valence-electron chi connectivity index (χ4n) is 6.45. The van der Waals surface area contributed by atoms with Crippen molar-refractivity contribution in [2.75, 3.05) is 53.0 Å². The van der Waals surface area contributed by atoms with Crippen molar-refractivity contribution in [2.45, 2.75) is 63.6 Å². The molecule has 2 amide bonds. The van der Waals surface area contributed by atoms with Crippen LogP contribution in [-0.2, 0) is 36.7 Å². The van der Waals surface area contributed by atoms with E-state index in [0.717, 1.165) is 58.0 Å². The topological polar surface area (TPSA) is 108 Å². The van der Waals surface area contributed by atoms with E-state index in [9.17, 15) is 19.5 Å². The van der Waals surface area contributed by atoms with Gasteiger partial charge in [-0.25, -0.2) is 4.79 Å². The molecular formula is C41H51N3O6. The Kier molecular flexibility index (Phi) is 14.2. The average Bonchev–Trinajstić information content (AvgIpc) is 3.13. The van der Waals surface area contributed by atoms with Crippen molar-refractivity contribution in [3.63, 3.8) is 0 Å². The summed E-state index contributed by atoms with van der Waals surface area (Å²) < 4.78 is 11.6. The monoisotopic (exact) mass is 681 g/mol. The molecule has 2 atom stereocenters. The molecule has 1 saturated heterocycles. The van der Waals surface area contributed by atoms with Gasteiger partial charge in [-0.3, -0.25) is 9.59 Å². The Morgan fingerprint density at radius 1 is 0.680 bits per heavy atom. The molecule has 0 spiro atoms. The number of hydrogen-bond acceptors (Lipinski definition) is 6. The first-order valence-electron chi connectivity index (χ1n) is 18.0. The number of unbranched alkanes of at least 4 members (excludes halogenated alkanes) is 4. The zero-order valence-corrected chi connectivity index (χ0v) is 29.2. The quantitative estimate of drug-likeness (QED) is 0.119. The van der Waals surface area contributed by atoms with Crippen LogP contribution in [0.5, 0.6) is 0 Å². The van der Waals surface area contributed by atoms with E-state index in [0.29, 0.717) is 26.1 Å². The highest BCUT2D eigenvalue weighted by atomic mass is 16.6. The lowest BCUT2D eigenvalue weighted by Gasteiger charge is -2.32. The van der Waals surface area contributed by atoms with E-state index < -0.39 is 30.7 Å².